The van der Waals surface area contributed by atoms with Crippen molar-refractivity contribution >= 4 is 16.7 Å². The Morgan fingerprint density at radius 2 is 2.00 bits per heavy atom. The van der Waals surface area contributed by atoms with Gasteiger partial charge in [-0.05, 0) is 12.0 Å². The molecule has 100 valence electrons. The summed E-state index contributed by atoms with van der Waals surface area (Å²) < 4.78 is 11.1. The second-order valence-electron chi connectivity index (χ2n) is 4.28. The van der Waals surface area contributed by atoms with Gasteiger partial charge in [-0.2, -0.15) is 0 Å². The maximum atomic E-state index is 11.8. The van der Waals surface area contributed by atoms with E-state index in [1.165, 1.54) is 0 Å². The normalized spacial score (nSPS) is 15.7. The first-order valence-electron chi connectivity index (χ1n) is 5.93. The molecule has 4 nitrogen and oxygen atoms in total. The third-order valence-corrected chi connectivity index (χ3v) is 4.23. The second kappa shape index (κ2) is 7.28. The van der Waals surface area contributed by atoms with Gasteiger partial charge in [-0.1, -0.05) is 37.3 Å². The third-order valence-electron chi connectivity index (χ3n) is 2.86. The summed E-state index contributed by atoms with van der Waals surface area (Å²) in [5.41, 5.74) is 6.64. The summed E-state index contributed by atoms with van der Waals surface area (Å²) in [7, 11) is -0.854. The van der Waals surface area contributed by atoms with Crippen molar-refractivity contribution in [3.8, 4) is 0 Å². The van der Waals surface area contributed by atoms with E-state index in [-0.39, 0.29) is 11.2 Å². The number of benzene rings is 1. The smallest absolute Gasteiger partial charge is 0.241 e. The molecular formula is C13H20N2O2S. The van der Waals surface area contributed by atoms with Crippen LogP contribution in [0.4, 0.5) is 0 Å². The van der Waals surface area contributed by atoms with Crippen molar-refractivity contribution in [1.82, 2.24) is 5.32 Å². The van der Waals surface area contributed by atoms with Gasteiger partial charge in [0, 0.05) is 28.9 Å². The van der Waals surface area contributed by atoms with E-state index in [2.05, 4.69) is 5.32 Å². The number of rotatable bonds is 6. The van der Waals surface area contributed by atoms with Gasteiger partial charge in [0.1, 0.15) is 6.04 Å². The fourth-order valence-corrected chi connectivity index (χ4v) is 1.94. The molecule has 18 heavy (non-hydrogen) atoms. The van der Waals surface area contributed by atoms with Crippen LogP contribution in [-0.4, -0.2) is 28.2 Å². The summed E-state index contributed by atoms with van der Waals surface area (Å²) in [6.45, 7) is 2.40. The van der Waals surface area contributed by atoms with E-state index in [0.717, 1.165) is 5.56 Å². The molecule has 0 fully saturated rings. The standard InChI is InChI=1S/C13H20N2O2S/c1-10(18(2)17)8-9-15-13(16)12(14)11-6-4-3-5-7-11/h3-7,10,12H,8-9,14H2,1-2H3,(H,15,16)/t10?,12-,18?/m0/s1. The first kappa shape index (κ1) is 14.9. The SMILES string of the molecule is CC(CCNC(=O)[C@@H](N)c1ccccc1)S(C)=O. The van der Waals surface area contributed by atoms with Crippen LogP contribution in [0.1, 0.15) is 24.9 Å². The summed E-state index contributed by atoms with van der Waals surface area (Å²) in [6, 6.07) is 8.60. The Balaban J connectivity index is 2.40. The zero-order valence-corrected chi connectivity index (χ0v) is 11.6. The fraction of sp³-hybridized carbons (Fsp3) is 0.462. The van der Waals surface area contributed by atoms with Crippen LogP contribution >= 0.6 is 0 Å². The lowest BCUT2D eigenvalue weighted by molar-refractivity contribution is -0.122. The Hall–Kier alpha value is -1.20. The number of hydrogen-bond acceptors (Lipinski definition) is 3. The highest BCUT2D eigenvalue weighted by molar-refractivity contribution is 7.84. The van der Waals surface area contributed by atoms with Gasteiger partial charge in [-0.25, -0.2) is 0 Å². The Bertz CT molecular complexity index is 409. The van der Waals surface area contributed by atoms with E-state index in [9.17, 15) is 9.00 Å². The molecule has 1 aromatic carbocycles. The average molecular weight is 268 g/mol. The highest BCUT2D eigenvalue weighted by Crippen LogP contribution is 2.09. The molecule has 2 unspecified atom stereocenters. The minimum absolute atomic E-state index is 0.0817. The lowest BCUT2D eigenvalue weighted by atomic mass is 10.1. The minimum Gasteiger partial charge on any atom is -0.354 e. The van der Waals surface area contributed by atoms with Gasteiger partial charge >= 0.3 is 0 Å². The van der Waals surface area contributed by atoms with Crippen LogP contribution in [0.2, 0.25) is 0 Å². The van der Waals surface area contributed by atoms with E-state index < -0.39 is 16.8 Å². The van der Waals surface area contributed by atoms with Gasteiger partial charge < -0.3 is 11.1 Å². The number of carbonyl (C=O) groups is 1. The van der Waals surface area contributed by atoms with Crippen LogP contribution in [0.25, 0.3) is 0 Å². The molecule has 3 N–H and O–H groups in total. The van der Waals surface area contributed by atoms with Gasteiger partial charge in [-0.3, -0.25) is 9.00 Å². The maximum absolute atomic E-state index is 11.8. The van der Waals surface area contributed by atoms with Crippen molar-refractivity contribution in [2.24, 2.45) is 5.73 Å². The van der Waals surface area contributed by atoms with E-state index in [1.807, 2.05) is 37.3 Å². The van der Waals surface area contributed by atoms with Gasteiger partial charge in [-0.15, -0.1) is 0 Å². The van der Waals surface area contributed by atoms with Gasteiger partial charge in [0.2, 0.25) is 5.91 Å². The number of hydrogen-bond donors (Lipinski definition) is 2. The predicted octanol–water partition coefficient (Wildman–Crippen LogP) is 0.960. The minimum atomic E-state index is -0.854. The quantitative estimate of drug-likeness (QED) is 0.807. The summed E-state index contributed by atoms with van der Waals surface area (Å²) in [5.74, 6) is -0.199. The molecule has 0 heterocycles. The van der Waals surface area contributed by atoms with Crippen molar-refractivity contribution in [1.29, 1.82) is 0 Å². The van der Waals surface area contributed by atoms with E-state index >= 15 is 0 Å². The van der Waals surface area contributed by atoms with Crippen LogP contribution < -0.4 is 11.1 Å². The van der Waals surface area contributed by atoms with E-state index in [0.29, 0.717) is 13.0 Å². The zero-order chi connectivity index (χ0) is 13.5. The maximum Gasteiger partial charge on any atom is 0.241 e. The largest absolute Gasteiger partial charge is 0.354 e. The van der Waals surface area contributed by atoms with Crippen molar-refractivity contribution in [2.75, 3.05) is 12.8 Å². The molecule has 0 saturated carbocycles. The van der Waals surface area contributed by atoms with Gasteiger partial charge in [0.05, 0.1) is 0 Å². The molecule has 0 aromatic heterocycles. The summed E-state index contributed by atoms with van der Waals surface area (Å²) in [4.78, 5) is 11.8. The molecule has 1 aromatic rings. The molecule has 0 aliphatic carbocycles. The highest BCUT2D eigenvalue weighted by Gasteiger charge is 2.15. The van der Waals surface area contributed by atoms with Crippen molar-refractivity contribution in [3.05, 3.63) is 35.9 Å². The summed E-state index contributed by atoms with van der Waals surface area (Å²) in [6.07, 6.45) is 2.36. The molecule has 3 atom stereocenters. The Morgan fingerprint density at radius 3 is 2.56 bits per heavy atom. The molecule has 1 rings (SSSR count). The Labute approximate surface area is 110 Å². The topological polar surface area (TPSA) is 72.2 Å². The second-order valence-corrected chi connectivity index (χ2v) is 6.08. The van der Waals surface area contributed by atoms with Crippen LogP contribution in [0, 0.1) is 0 Å². The van der Waals surface area contributed by atoms with Crippen LogP contribution in [0.3, 0.4) is 0 Å². The summed E-state index contributed by atoms with van der Waals surface area (Å²) >= 11 is 0. The van der Waals surface area contributed by atoms with Gasteiger partial charge in [0.15, 0.2) is 0 Å². The molecular weight excluding hydrogens is 248 g/mol. The Morgan fingerprint density at radius 1 is 1.39 bits per heavy atom. The molecule has 0 saturated heterocycles. The average Bonchev–Trinajstić information content (AvgIpc) is 2.38. The molecule has 0 spiro atoms. The summed E-state index contributed by atoms with van der Waals surface area (Å²) in [5, 5.41) is 2.85. The van der Waals surface area contributed by atoms with Crippen molar-refractivity contribution in [3.63, 3.8) is 0 Å². The molecule has 5 heteroatoms. The molecule has 0 radical (unpaired) electrons. The molecule has 0 aliphatic rings. The van der Waals surface area contributed by atoms with E-state index in [4.69, 9.17) is 5.73 Å². The third kappa shape index (κ3) is 4.58. The number of nitrogens with one attached hydrogen (secondary N) is 1. The highest BCUT2D eigenvalue weighted by atomic mass is 32.2. The van der Waals surface area contributed by atoms with Crippen molar-refractivity contribution in [2.45, 2.75) is 24.6 Å². The van der Waals surface area contributed by atoms with Crippen LogP contribution in [0.15, 0.2) is 30.3 Å². The molecule has 1 amide bonds. The first-order chi connectivity index (χ1) is 8.52. The lowest BCUT2D eigenvalue weighted by Crippen LogP contribution is -2.35. The van der Waals surface area contributed by atoms with E-state index in [1.54, 1.807) is 6.26 Å². The Kier molecular flexibility index (Phi) is 6.01. The number of nitrogens with two attached hydrogens (primary N) is 1. The predicted molar refractivity (Wildman–Crippen MR) is 74.5 cm³/mol. The van der Waals surface area contributed by atoms with Gasteiger partial charge in [0.25, 0.3) is 0 Å². The first-order valence-corrected chi connectivity index (χ1v) is 7.55. The van der Waals surface area contributed by atoms with Crippen LogP contribution in [-0.2, 0) is 15.6 Å². The fourth-order valence-electron chi connectivity index (χ4n) is 1.49. The van der Waals surface area contributed by atoms with Crippen molar-refractivity contribution < 1.29 is 9.00 Å². The molecule has 0 bridgehead atoms. The number of amides is 1. The van der Waals surface area contributed by atoms with Crippen LogP contribution in [0.5, 0.6) is 0 Å². The molecule has 0 aliphatic heterocycles. The monoisotopic (exact) mass is 268 g/mol. The zero-order valence-electron chi connectivity index (χ0n) is 10.8. The lowest BCUT2D eigenvalue weighted by Gasteiger charge is -2.13. The number of carbonyl (C=O) groups excluding carboxylic acids is 1.